The molecule has 0 bridgehead atoms. The first kappa shape index (κ1) is 17.1. The second-order valence-corrected chi connectivity index (χ2v) is 7.64. The van der Waals surface area contributed by atoms with E-state index in [1.165, 1.54) is 12.1 Å². The lowest BCUT2D eigenvalue weighted by molar-refractivity contribution is -0.186. The zero-order valence-corrected chi connectivity index (χ0v) is 12.9. The Bertz CT molecular complexity index is 650. The highest BCUT2D eigenvalue weighted by molar-refractivity contribution is 8.13. The summed E-state index contributed by atoms with van der Waals surface area (Å²) >= 11 is 0. The lowest BCUT2D eigenvalue weighted by Gasteiger charge is -2.32. The molecule has 9 heteroatoms. The zero-order chi connectivity index (χ0) is 16.5. The summed E-state index contributed by atoms with van der Waals surface area (Å²) in [4.78, 5) is 11.9. The number of rotatable bonds is 2. The SMILES string of the molecule is O=C(N1CCC(c2ccc(S(=O)(=O)Cl)cc2)CC1)C(F)(F)F. The van der Waals surface area contributed by atoms with Crippen molar-refractivity contribution in [2.24, 2.45) is 0 Å². The minimum absolute atomic E-state index is 0.00985. The smallest absolute Gasteiger partial charge is 0.335 e. The average molecular weight is 356 g/mol. The first-order chi connectivity index (χ1) is 10.1. The summed E-state index contributed by atoms with van der Waals surface area (Å²) in [5, 5.41) is 0. The van der Waals surface area contributed by atoms with Gasteiger partial charge < -0.3 is 4.90 Å². The number of piperidine rings is 1. The van der Waals surface area contributed by atoms with Gasteiger partial charge in [-0.25, -0.2) is 8.42 Å². The molecule has 1 aliphatic heterocycles. The minimum atomic E-state index is -4.84. The Balaban J connectivity index is 2.02. The van der Waals surface area contributed by atoms with Gasteiger partial charge in [-0.1, -0.05) is 12.1 Å². The lowest BCUT2D eigenvalue weighted by Crippen LogP contribution is -2.45. The van der Waals surface area contributed by atoms with Crippen molar-refractivity contribution in [3.8, 4) is 0 Å². The van der Waals surface area contributed by atoms with Crippen LogP contribution in [0.2, 0.25) is 0 Å². The van der Waals surface area contributed by atoms with Gasteiger partial charge in [0.1, 0.15) is 0 Å². The highest BCUT2D eigenvalue weighted by atomic mass is 35.7. The molecule has 1 saturated heterocycles. The van der Waals surface area contributed by atoms with Crippen molar-refractivity contribution in [3.05, 3.63) is 29.8 Å². The third-order valence-corrected chi connectivity index (χ3v) is 5.03. The quantitative estimate of drug-likeness (QED) is 0.766. The second-order valence-electron chi connectivity index (χ2n) is 5.07. The van der Waals surface area contributed by atoms with Crippen LogP contribution in [0.5, 0.6) is 0 Å². The number of likely N-dealkylation sites (tertiary alicyclic amines) is 1. The van der Waals surface area contributed by atoms with E-state index in [1.54, 1.807) is 12.1 Å². The fraction of sp³-hybridized carbons (Fsp3) is 0.462. The normalized spacial score (nSPS) is 17.5. The van der Waals surface area contributed by atoms with E-state index >= 15 is 0 Å². The Morgan fingerprint density at radius 1 is 1.14 bits per heavy atom. The van der Waals surface area contributed by atoms with Crippen LogP contribution in [0.4, 0.5) is 13.2 Å². The first-order valence-electron chi connectivity index (χ1n) is 6.50. The van der Waals surface area contributed by atoms with Crippen LogP contribution in [-0.2, 0) is 13.8 Å². The largest absolute Gasteiger partial charge is 0.471 e. The Labute approximate surface area is 130 Å². The lowest BCUT2D eigenvalue weighted by atomic mass is 9.89. The number of alkyl halides is 3. The van der Waals surface area contributed by atoms with Gasteiger partial charge in [0.05, 0.1) is 4.90 Å². The third kappa shape index (κ3) is 3.92. The van der Waals surface area contributed by atoms with Crippen LogP contribution in [0.1, 0.15) is 24.3 Å². The van der Waals surface area contributed by atoms with Gasteiger partial charge in [-0.2, -0.15) is 13.2 Å². The van der Waals surface area contributed by atoms with E-state index in [4.69, 9.17) is 10.7 Å². The first-order valence-corrected chi connectivity index (χ1v) is 8.80. The number of nitrogens with zero attached hydrogens (tertiary/aromatic N) is 1. The number of hydrogen-bond donors (Lipinski definition) is 0. The van der Waals surface area contributed by atoms with E-state index < -0.39 is 21.1 Å². The molecule has 122 valence electrons. The highest BCUT2D eigenvalue weighted by Gasteiger charge is 2.43. The maximum atomic E-state index is 12.3. The number of carbonyl (C=O) groups excluding carboxylic acids is 1. The molecule has 1 amide bonds. The van der Waals surface area contributed by atoms with E-state index in [1.807, 2.05) is 0 Å². The summed E-state index contributed by atoms with van der Waals surface area (Å²) in [7, 11) is 1.42. The standard InChI is InChI=1S/C13H13ClF3NO3S/c14-22(20,21)11-3-1-9(2-4-11)10-5-7-18(8-6-10)12(19)13(15,16)17/h1-4,10H,5-8H2. The topological polar surface area (TPSA) is 54.5 Å². The van der Waals surface area contributed by atoms with Crippen molar-refractivity contribution in [1.82, 2.24) is 4.90 Å². The van der Waals surface area contributed by atoms with E-state index in [-0.39, 0.29) is 23.9 Å². The van der Waals surface area contributed by atoms with Crippen LogP contribution >= 0.6 is 10.7 Å². The summed E-state index contributed by atoms with van der Waals surface area (Å²) in [6.45, 7) is 0.0527. The van der Waals surface area contributed by atoms with Gasteiger partial charge in [0, 0.05) is 23.8 Å². The molecular weight excluding hydrogens is 343 g/mol. The van der Waals surface area contributed by atoms with Gasteiger partial charge >= 0.3 is 12.1 Å². The minimum Gasteiger partial charge on any atom is -0.335 e. The van der Waals surface area contributed by atoms with Crippen molar-refractivity contribution >= 4 is 25.6 Å². The molecule has 0 radical (unpaired) electrons. The fourth-order valence-corrected chi connectivity index (χ4v) is 3.27. The van der Waals surface area contributed by atoms with Crippen molar-refractivity contribution in [3.63, 3.8) is 0 Å². The van der Waals surface area contributed by atoms with Crippen molar-refractivity contribution in [1.29, 1.82) is 0 Å². The molecule has 0 atom stereocenters. The van der Waals surface area contributed by atoms with Gasteiger partial charge in [0.2, 0.25) is 0 Å². The number of carbonyl (C=O) groups is 1. The van der Waals surface area contributed by atoms with Gasteiger partial charge in [-0.05, 0) is 36.5 Å². The van der Waals surface area contributed by atoms with E-state index in [9.17, 15) is 26.4 Å². The second kappa shape index (κ2) is 6.08. The maximum Gasteiger partial charge on any atom is 0.471 e. The van der Waals surface area contributed by atoms with Crippen molar-refractivity contribution in [2.75, 3.05) is 13.1 Å². The van der Waals surface area contributed by atoms with Crippen LogP contribution in [0.25, 0.3) is 0 Å². The predicted octanol–water partition coefficient (Wildman–Crippen LogP) is 2.88. The Hall–Kier alpha value is -1.28. The van der Waals surface area contributed by atoms with Crippen LogP contribution in [0.15, 0.2) is 29.2 Å². The summed E-state index contributed by atoms with van der Waals surface area (Å²) in [6, 6.07) is 5.93. The molecule has 1 fully saturated rings. The fourth-order valence-electron chi connectivity index (χ4n) is 2.50. The van der Waals surface area contributed by atoms with E-state index in [0.717, 1.165) is 10.5 Å². The van der Waals surface area contributed by atoms with Gasteiger partial charge in [0.25, 0.3) is 9.05 Å². The van der Waals surface area contributed by atoms with Crippen LogP contribution in [-0.4, -0.2) is 38.5 Å². The van der Waals surface area contributed by atoms with Gasteiger partial charge in [-0.15, -0.1) is 0 Å². The molecule has 0 aromatic heterocycles. The highest BCUT2D eigenvalue weighted by Crippen LogP contribution is 2.31. The summed E-state index contributed by atoms with van der Waals surface area (Å²) in [6.07, 6.45) is -4.05. The molecule has 0 N–H and O–H groups in total. The predicted molar refractivity (Wildman–Crippen MR) is 74.1 cm³/mol. The summed E-state index contributed by atoms with van der Waals surface area (Å²) in [5.41, 5.74) is 0.822. The van der Waals surface area contributed by atoms with Gasteiger partial charge in [-0.3, -0.25) is 4.79 Å². The number of amides is 1. The number of benzene rings is 1. The molecule has 0 spiro atoms. The average Bonchev–Trinajstić information content (AvgIpc) is 2.45. The third-order valence-electron chi connectivity index (χ3n) is 3.66. The number of hydrogen-bond acceptors (Lipinski definition) is 3. The maximum absolute atomic E-state index is 12.3. The molecule has 0 saturated carbocycles. The molecule has 0 aliphatic carbocycles. The molecule has 1 heterocycles. The molecule has 0 unspecified atom stereocenters. The monoisotopic (exact) mass is 355 g/mol. The van der Waals surface area contributed by atoms with Crippen LogP contribution < -0.4 is 0 Å². The molecule has 4 nitrogen and oxygen atoms in total. The van der Waals surface area contributed by atoms with Crippen molar-refractivity contribution < 1.29 is 26.4 Å². The summed E-state index contributed by atoms with van der Waals surface area (Å²) < 4.78 is 59.3. The van der Waals surface area contributed by atoms with Gasteiger partial charge in [0.15, 0.2) is 0 Å². The summed E-state index contributed by atoms with van der Waals surface area (Å²) in [5.74, 6) is -1.82. The molecule has 22 heavy (non-hydrogen) atoms. The molecule has 1 aromatic carbocycles. The zero-order valence-electron chi connectivity index (χ0n) is 11.3. The number of halogens is 4. The van der Waals surface area contributed by atoms with Crippen LogP contribution in [0, 0.1) is 0 Å². The van der Waals surface area contributed by atoms with Crippen LogP contribution in [0.3, 0.4) is 0 Å². The molecular formula is C13H13ClF3NO3S. The molecule has 1 aliphatic rings. The Morgan fingerprint density at radius 2 is 1.64 bits per heavy atom. The van der Waals surface area contributed by atoms with E-state index in [0.29, 0.717) is 12.8 Å². The van der Waals surface area contributed by atoms with E-state index in [2.05, 4.69) is 0 Å². The Kier molecular flexibility index (Phi) is 4.72. The Morgan fingerprint density at radius 3 is 2.05 bits per heavy atom. The molecule has 2 rings (SSSR count). The van der Waals surface area contributed by atoms with Crippen molar-refractivity contribution in [2.45, 2.75) is 29.8 Å². The molecule has 1 aromatic rings.